The Bertz CT molecular complexity index is 640. The molecule has 0 radical (unpaired) electrons. The molecule has 2 aromatic rings. The number of carbonyl (C=O) groups excluding carboxylic acids is 1. The van der Waals surface area contributed by atoms with Crippen LogP contribution in [0, 0.1) is 12.8 Å². The number of aryl methyl sites for hydroxylation is 1. The smallest absolute Gasteiger partial charge is 0.226 e. The van der Waals surface area contributed by atoms with Gasteiger partial charge in [0.15, 0.2) is 4.47 Å². The van der Waals surface area contributed by atoms with Gasteiger partial charge in [-0.2, -0.15) is 0 Å². The number of thiazole rings is 1. The monoisotopic (exact) mass is 323 g/mol. The van der Waals surface area contributed by atoms with E-state index in [1.165, 1.54) is 11.3 Å². The molecule has 0 saturated carbocycles. The fourth-order valence-electron chi connectivity index (χ4n) is 1.74. The molecule has 0 bridgehead atoms. The molecule has 112 valence electrons. The van der Waals surface area contributed by atoms with Gasteiger partial charge in [0.05, 0.1) is 17.9 Å². The van der Waals surface area contributed by atoms with Gasteiger partial charge in [-0.05, 0) is 24.6 Å². The zero-order valence-corrected chi connectivity index (χ0v) is 13.8. The first-order valence-electron chi connectivity index (χ1n) is 6.71. The Morgan fingerprint density at radius 1 is 1.38 bits per heavy atom. The van der Waals surface area contributed by atoms with Gasteiger partial charge in [-0.15, -0.1) is 11.3 Å². The summed E-state index contributed by atoms with van der Waals surface area (Å²) in [4.78, 5) is 16.9. The molecule has 21 heavy (non-hydrogen) atoms. The standard InChI is InChI=1S/C15H18ClN3OS/c1-9(2)14(20)19-12-5-4-10(3)6-13(12)17-7-11-8-18-15(16)21-11/h4-6,8-9,17H,7H2,1-3H3,(H,19,20). The molecule has 2 rings (SSSR count). The molecular formula is C15H18ClN3OS. The minimum absolute atomic E-state index is 0.00253. The maximum atomic E-state index is 11.9. The van der Waals surface area contributed by atoms with Gasteiger partial charge >= 0.3 is 0 Å². The molecule has 2 N–H and O–H groups in total. The number of amides is 1. The van der Waals surface area contributed by atoms with E-state index in [0.29, 0.717) is 11.0 Å². The molecule has 1 heterocycles. The predicted octanol–water partition coefficient (Wildman–Crippen LogP) is 4.31. The van der Waals surface area contributed by atoms with E-state index in [-0.39, 0.29) is 11.8 Å². The summed E-state index contributed by atoms with van der Waals surface area (Å²) < 4.78 is 0.532. The van der Waals surface area contributed by atoms with Gasteiger partial charge in [-0.3, -0.25) is 4.79 Å². The Balaban J connectivity index is 2.13. The van der Waals surface area contributed by atoms with Crippen molar-refractivity contribution in [3.63, 3.8) is 0 Å². The Labute approximate surface area is 133 Å². The first kappa shape index (κ1) is 15.8. The Hall–Kier alpha value is -1.59. The van der Waals surface area contributed by atoms with Crippen molar-refractivity contribution in [2.75, 3.05) is 10.6 Å². The van der Waals surface area contributed by atoms with Crippen molar-refractivity contribution in [1.82, 2.24) is 4.98 Å². The SMILES string of the molecule is Cc1ccc(NC(=O)C(C)C)c(NCc2cnc(Cl)s2)c1. The van der Waals surface area contributed by atoms with Gasteiger partial charge in [0, 0.05) is 17.0 Å². The van der Waals surface area contributed by atoms with E-state index in [9.17, 15) is 4.79 Å². The molecule has 6 heteroatoms. The van der Waals surface area contributed by atoms with Crippen LogP contribution < -0.4 is 10.6 Å². The number of nitrogens with one attached hydrogen (secondary N) is 2. The second-order valence-electron chi connectivity index (χ2n) is 5.13. The van der Waals surface area contributed by atoms with Crippen molar-refractivity contribution in [1.29, 1.82) is 0 Å². The van der Waals surface area contributed by atoms with Crippen LogP contribution in [0.5, 0.6) is 0 Å². The van der Waals surface area contributed by atoms with Gasteiger partial charge in [-0.25, -0.2) is 4.98 Å². The second-order valence-corrected chi connectivity index (χ2v) is 6.82. The van der Waals surface area contributed by atoms with Crippen LogP contribution in [0.3, 0.4) is 0 Å². The fourth-order valence-corrected chi connectivity index (χ4v) is 2.66. The number of hydrogen-bond donors (Lipinski definition) is 2. The van der Waals surface area contributed by atoms with Crippen molar-refractivity contribution in [3.05, 3.63) is 39.3 Å². The lowest BCUT2D eigenvalue weighted by Gasteiger charge is -2.14. The van der Waals surface area contributed by atoms with Crippen LogP contribution in [0.1, 0.15) is 24.3 Å². The largest absolute Gasteiger partial charge is 0.378 e. The molecule has 4 nitrogen and oxygen atoms in total. The van der Waals surface area contributed by atoms with Crippen LogP contribution in [-0.2, 0) is 11.3 Å². The minimum Gasteiger partial charge on any atom is -0.378 e. The van der Waals surface area contributed by atoms with Crippen LogP contribution >= 0.6 is 22.9 Å². The lowest BCUT2D eigenvalue weighted by molar-refractivity contribution is -0.118. The molecule has 1 aromatic heterocycles. The van der Waals surface area contributed by atoms with E-state index in [0.717, 1.165) is 21.8 Å². The number of benzene rings is 1. The molecular weight excluding hydrogens is 306 g/mol. The first-order chi connectivity index (χ1) is 9.95. The maximum Gasteiger partial charge on any atom is 0.226 e. The normalized spacial score (nSPS) is 10.7. The van der Waals surface area contributed by atoms with E-state index in [1.54, 1.807) is 6.20 Å². The third kappa shape index (κ3) is 4.44. The Morgan fingerprint density at radius 2 is 2.14 bits per heavy atom. The number of hydrogen-bond acceptors (Lipinski definition) is 4. The molecule has 0 aliphatic rings. The van der Waals surface area contributed by atoms with Gasteiger partial charge in [0.2, 0.25) is 5.91 Å². The summed E-state index contributed by atoms with van der Waals surface area (Å²) in [5.41, 5.74) is 2.81. The molecule has 0 unspecified atom stereocenters. The van der Waals surface area contributed by atoms with Crippen molar-refractivity contribution in [2.45, 2.75) is 27.3 Å². The third-order valence-electron chi connectivity index (χ3n) is 2.94. The number of carbonyl (C=O) groups is 1. The van der Waals surface area contributed by atoms with Crippen LogP contribution in [0.2, 0.25) is 4.47 Å². The van der Waals surface area contributed by atoms with Crippen LogP contribution in [0.25, 0.3) is 0 Å². The minimum atomic E-state index is -0.0561. The molecule has 1 amide bonds. The highest BCUT2D eigenvalue weighted by Gasteiger charge is 2.10. The summed E-state index contributed by atoms with van der Waals surface area (Å²) in [5.74, 6) is -0.0535. The van der Waals surface area contributed by atoms with Gasteiger partial charge < -0.3 is 10.6 Å². The highest BCUT2D eigenvalue weighted by atomic mass is 35.5. The third-order valence-corrected chi connectivity index (χ3v) is 4.05. The number of rotatable bonds is 5. The van der Waals surface area contributed by atoms with Crippen LogP contribution in [0.4, 0.5) is 11.4 Å². The molecule has 0 saturated heterocycles. The van der Waals surface area contributed by atoms with Gasteiger partial charge in [0.1, 0.15) is 0 Å². The van der Waals surface area contributed by atoms with Crippen molar-refractivity contribution in [2.24, 2.45) is 5.92 Å². The summed E-state index contributed by atoms with van der Waals surface area (Å²) in [6, 6.07) is 5.90. The zero-order valence-electron chi connectivity index (χ0n) is 12.2. The highest BCUT2D eigenvalue weighted by Crippen LogP contribution is 2.25. The molecule has 0 spiro atoms. The van der Waals surface area contributed by atoms with E-state index >= 15 is 0 Å². The molecule has 0 aliphatic heterocycles. The molecule has 0 fully saturated rings. The van der Waals surface area contributed by atoms with Gasteiger partial charge in [-0.1, -0.05) is 31.5 Å². The van der Waals surface area contributed by atoms with E-state index in [1.807, 2.05) is 39.0 Å². The van der Waals surface area contributed by atoms with Crippen molar-refractivity contribution in [3.8, 4) is 0 Å². The number of nitrogens with zero attached hydrogens (tertiary/aromatic N) is 1. The summed E-state index contributed by atoms with van der Waals surface area (Å²) in [6.07, 6.45) is 1.75. The van der Waals surface area contributed by atoms with E-state index in [2.05, 4.69) is 15.6 Å². The first-order valence-corrected chi connectivity index (χ1v) is 7.90. The van der Waals surface area contributed by atoms with E-state index < -0.39 is 0 Å². The quantitative estimate of drug-likeness (QED) is 0.862. The average molecular weight is 324 g/mol. The summed E-state index contributed by atoms with van der Waals surface area (Å²) in [6.45, 7) is 6.38. The maximum absolute atomic E-state index is 11.9. The van der Waals surface area contributed by atoms with Gasteiger partial charge in [0.25, 0.3) is 0 Å². The van der Waals surface area contributed by atoms with Crippen LogP contribution in [0.15, 0.2) is 24.4 Å². The molecule has 0 atom stereocenters. The summed E-state index contributed by atoms with van der Waals surface area (Å²) >= 11 is 7.27. The topological polar surface area (TPSA) is 54.0 Å². The lowest BCUT2D eigenvalue weighted by atomic mass is 10.1. The predicted molar refractivity (Wildman–Crippen MR) is 89.1 cm³/mol. The molecule has 0 aliphatic carbocycles. The lowest BCUT2D eigenvalue weighted by Crippen LogP contribution is -2.18. The fraction of sp³-hybridized carbons (Fsp3) is 0.333. The Morgan fingerprint density at radius 3 is 2.76 bits per heavy atom. The average Bonchev–Trinajstić information content (AvgIpc) is 2.84. The van der Waals surface area contributed by atoms with E-state index in [4.69, 9.17) is 11.6 Å². The summed E-state index contributed by atoms with van der Waals surface area (Å²) in [7, 11) is 0. The highest BCUT2D eigenvalue weighted by molar-refractivity contribution is 7.15. The van der Waals surface area contributed by atoms with Crippen molar-refractivity contribution >= 4 is 40.2 Å². The van der Waals surface area contributed by atoms with Crippen molar-refractivity contribution < 1.29 is 4.79 Å². The Kier molecular flexibility index (Phi) is 5.20. The zero-order chi connectivity index (χ0) is 15.4. The summed E-state index contributed by atoms with van der Waals surface area (Å²) in [5, 5.41) is 6.26. The second kappa shape index (κ2) is 6.91. The van der Waals surface area contributed by atoms with Crippen LogP contribution in [-0.4, -0.2) is 10.9 Å². The number of aromatic nitrogens is 1. The molecule has 1 aromatic carbocycles. The number of halogens is 1. The number of anilines is 2.